The summed E-state index contributed by atoms with van der Waals surface area (Å²) in [5.41, 5.74) is 2.91. The van der Waals surface area contributed by atoms with E-state index in [0.29, 0.717) is 17.4 Å². The molecule has 104 valence electrons. The molecule has 0 aliphatic carbocycles. The summed E-state index contributed by atoms with van der Waals surface area (Å²) >= 11 is 0. The highest BCUT2D eigenvalue weighted by Crippen LogP contribution is 2.20. The van der Waals surface area contributed by atoms with E-state index >= 15 is 0 Å². The first-order valence-electron chi connectivity index (χ1n) is 6.58. The second-order valence-electron chi connectivity index (χ2n) is 4.77. The van der Waals surface area contributed by atoms with Gasteiger partial charge in [-0.2, -0.15) is 5.26 Å². The molecule has 0 spiro atoms. The molecule has 20 heavy (non-hydrogen) atoms. The van der Waals surface area contributed by atoms with Crippen LogP contribution in [0.4, 0.5) is 0 Å². The Morgan fingerprint density at radius 1 is 1.40 bits per heavy atom. The lowest BCUT2D eigenvalue weighted by Gasteiger charge is -2.08. The van der Waals surface area contributed by atoms with Crippen molar-refractivity contribution in [3.63, 3.8) is 0 Å². The third-order valence-electron chi connectivity index (χ3n) is 3.46. The fourth-order valence-electron chi connectivity index (χ4n) is 2.13. The molecular formula is C16H19N3O. The summed E-state index contributed by atoms with van der Waals surface area (Å²) in [6.45, 7) is 2.87. The van der Waals surface area contributed by atoms with Crippen molar-refractivity contribution < 1.29 is 4.74 Å². The van der Waals surface area contributed by atoms with E-state index in [2.05, 4.69) is 41.3 Å². The third kappa shape index (κ3) is 3.01. The summed E-state index contributed by atoms with van der Waals surface area (Å²) in [6.07, 6.45) is 4.18. The first-order valence-corrected chi connectivity index (χ1v) is 6.58. The first kappa shape index (κ1) is 14.2. The largest absolute Gasteiger partial charge is 0.495 e. The van der Waals surface area contributed by atoms with Crippen LogP contribution < -0.4 is 10.1 Å². The third-order valence-corrected chi connectivity index (χ3v) is 3.46. The van der Waals surface area contributed by atoms with Gasteiger partial charge in [0, 0.05) is 25.0 Å². The van der Waals surface area contributed by atoms with Gasteiger partial charge >= 0.3 is 0 Å². The van der Waals surface area contributed by atoms with Crippen LogP contribution in [0.25, 0.3) is 0 Å². The number of nitrogens with one attached hydrogen (secondary N) is 1. The van der Waals surface area contributed by atoms with E-state index in [1.807, 2.05) is 25.2 Å². The van der Waals surface area contributed by atoms with Gasteiger partial charge in [-0.25, -0.2) is 0 Å². The topological polar surface area (TPSA) is 50.0 Å². The average molecular weight is 269 g/mol. The van der Waals surface area contributed by atoms with Crippen molar-refractivity contribution in [1.82, 2.24) is 9.88 Å². The van der Waals surface area contributed by atoms with Gasteiger partial charge in [0.15, 0.2) is 0 Å². The van der Waals surface area contributed by atoms with Crippen molar-refractivity contribution in [2.24, 2.45) is 0 Å². The van der Waals surface area contributed by atoms with Gasteiger partial charge < -0.3 is 14.6 Å². The molecule has 0 saturated heterocycles. The van der Waals surface area contributed by atoms with Crippen LogP contribution in [0.3, 0.4) is 0 Å². The van der Waals surface area contributed by atoms with Crippen molar-refractivity contribution in [2.75, 3.05) is 14.2 Å². The number of aromatic nitrogens is 1. The van der Waals surface area contributed by atoms with Crippen molar-refractivity contribution in [1.29, 1.82) is 5.26 Å². The molecule has 1 atom stereocenters. The molecule has 0 aliphatic rings. The number of hydrogen-bond donors (Lipinski definition) is 1. The second-order valence-corrected chi connectivity index (χ2v) is 4.77. The van der Waals surface area contributed by atoms with E-state index in [4.69, 9.17) is 10.00 Å². The Kier molecular flexibility index (Phi) is 4.44. The predicted octanol–water partition coefficient (Wildman–Crippen LogP) is 2.70. The molecule has 0 fully saturated rings. The van der Waals surface area contributed by atoms with Gasteiger partial charge in [-0.05, 0) is 43.3 Å². The standard InChI is InChI=1S/C16H19N3O/c1-12(18-2)14-6-7-19(11-14)10-13-4-5-16(20-3)15(8-13)9-17/h4-8,11-12,18H,10H2,1-3H3. The number of ether oxygens (including phenoxy) is 1. The highest BCUT2D eigenvalue weighted by atomic mass is 16.5. The number of nitrogens with zero attached hydrogens (tertiary/aromatic N) is 2. The molecule has 4 heteroatoms. The summed E-state index contributed by atoms with van der Waals surface area (Å²) in [7, 11) is 3.53. The molecule has 1 N–H and O–H groups in total. The highest BCUT2D eigenvalue weighted by Gasteiger charge is 2.06. The van der Waals surface area contributed by atoms with Gasteiger partial charge in [0.1, 0.15) is 11.8 Å². The van der Waals surface area contributed by atoms with E-state index in [1.54, 1.807) is 7.11 Å². The molecule has 2 aromatic rings. The van der Waals surface area contributed by atoms with Crippen LogP contribution in [0.2, 0.25) is 0 Å². The first-order chi connectivity index (χ1) is 9.67. The van der Waals surface area contributed by atoms with Crippen LogP contribution in [0.5, 0.6) is 5.75 Å². The average Bonchev–Trinajstić information content (AvgIpc) is 2.94. The number of rotatable bonds is 5. The lowest BCUT2D eigenvalue weighted by Crippen LogP contribution is -2.11. The molecule has 0 aliphatic heterocycles. The normalized spacial score (nSPS) is 11.9. The minimum absolute atomic E-state index is 0.335. The van der Waals surface area contributed by atoms with E-state index in [9.17, 15) is 0 Å². The summed E-state index contributed by atoms with van der Waals surface area (Å²) in [4.78, 5) is 0. The maximum atomic E-state index is 9.10. The van der Waals surface area contributed by atoms with Gasteiger partial charge in [-0.3, -0.25) is 0 Å². The lowest BCUT2D eigenvalue weighted by atomic mass is 10.1. The smallest absolute Gasteiger partial charge is 0.136 e. The Hall–Kier alpha value is -2.25. The van der Waals surface area contributed by atoms with E-state index in [-0.39, 0.29) is 0 Å². The molecule has 0 radical (unpaired) electrons. The van der Waals surface area contributed by atoms with Crippen LogP contribution in [0.1, 0.15) is 29.7 Å². The summed E-state index contributed by atoms with van der Waals surface area (Å²) in [6, 6.07) is 10.3. The molecule has 2 rings (SSSR count). The maximum absolute atomic E-state index is 9.10. The molecule has 1 aromatic carbocycles. The molecular weight excluding hydrogens is 250 g/mol. The Labute approximate surface area is 119 Å². The lowest BCUT2D eigenvalue weighted by molar-refractivity contribution is 0.413. The van der Waals surface area contributed by atoms with Gasteiger partial charge in [-0.1, -0.05) is 6.07 Å². The van der Waals surface area contributed by atoms with Crippen LogP contribution in [-0.2, 0) is 6.54 Å². The number of nitriles is 1. The van der Waals surface area contributed by atoms with Gasteiger partial charge in [0.2, 0.25) is 0 Å². The fourth-order valence-corrected chi connectivity index (χ4v) is 2.13. The molecule has 4 nitrogen and oxygen atoms in total. The summed E-state index contributed by atoms with van der Waals surface area (Å²) in [5.74, 6) is 0.619. The number of benzene rings is 1. The van der Waals surface area contributed by atoms with Crippen molar-refractivity contribution in [3.05, 3.63) is 53.3 Å². The number of hydrogen-bond acceptors (Lipinski definition) is 3. The summed E-state index contributed by atoms with van der Waals surface area (Å²) in [5, 5.41) is 12.3. The van der Waals surface area contributed by atoms with Crippen molar-refractivity contribution in [3.8, 4) is 11.8 Å². The van der Waals surface area contributed by atoms with Crippen LogP contribution in [0, 0.1) is 11.3 Å². The Morgan fingerprint density at radius 3 is 2.85 bits per heavy atom. The van der Waals surface area contributed by atoms with Crippen molar-refractivity contribution >= 4 is 0 Å². The molecule has 0 bridgehead atoms. The van der Waals surface area contributed by atoms with Crippen LogP contribution in [-0.4, -0.2) is 18.7 Å². The Balaban J connectivity index is 2.18. The summed E-state index contributed by atoms with van der Waals surface area (Å²) < 4.78 is 7.27. The Morgan fingerprint density at radius 2 is 2.20 bits per heavy atom. The molecule has 1 heterocycles. The zero-order valence-electron chi connectivity index (χ0n) is 12.1. The van der Waals surface area contributed by atoms with Gasteiger partial charge in [-0.15, -0.1) is 0 Å². The van der Waals surface area contributed by atoms with Crippen molar-refractivity contribution in [2.45, 2.75) is 19.5 Å². The minimum atomic E-state index is 0.335. The van der Waals surface area contributed by atoms with Crippen LogP contribution in [0.15, 0.2) is 36.7 Å². The Bertz CT molecular complexity index is 625. The van der Waals surface area contributed by atoms with Gasteiger partial charge in [0.25, 0.3) is 0 Å². The minimum Gasteiger partial charge on any atom is -0.495 e. The number of methoxy groups -OCH3 is 1. The molecule has 1 unspecified atom stereocenters. The van der Waals surface area contributed by atoms with Gasteiger partial charge in [0.05, 0.1) is 12.7 Å². The monoisotopic (exact) mass is 269 g/mol. The van der Waals surface area contributed by atoms with Crippen LogP contribution >= 0.6 is 0 Å². The maximum Gasteiger partial charge on any atom is 0.136 e. The highest BCUT2D eigenvalue weighted by molar-refractivity contribution is 5.45. The molecule has 0 amide bonds. The zero-order chi connectivity index (χ0) is 14.5. The molecule has 0 saturated carbocycles. The zero-order valence-corrected chi connectivity index (χ0v) is 12.1. The second kappa shape index (κ2) is 6.27. The SMILES string of the molecule is CNC(C)c1ccn(Cc2ccc(OC)c(C#N)c2)c1. The van der Waals surface area contributed by atoms with E-state index in [1.165, 1.54) is 5.56 Å². The fraction of sp³-hybridized carbons (Fsp3) is 0.312. The quantitative estimate of drug-likeness (QED) is 0.908. The predicted molar refractivity (Wildman–Crippen MR) is 78.7 cm³/mol. The molecule has 1 aromatic heterocycles. The van der Waals surface area contributed by atoms with E-state index < -0.39 is 0 Å². The van der Waals surface area contributed by atoms with E-state index in [0.717, 1.165) is 12.1 Å².